The predicted molar refractivity (Wildman–Crippen MR) is 103 cm³/mol. The van der Waals surface area contributed by atoms with E-state index >= 15 is 0 Å². The van der Waals surface area contributed by atoms with E-state index in [-0.39, 0.29) is 6.03 Å². The number of hydrogen-bond acceptors (Lipinski definition) is 5. The summed E-state index contributed by atoms with van der Waals surface area (Å²) < 4.78 is 1.82. The zero-order valence-electron chi connectivity index (χ0n) is 14.3. The van der Waals surface area contributed by atoms with Crippen molar-refractivity contribution in [2.75, 3.05) is 36.4 Å². The topological polar surface area (TPSA) is 66.3 Å². The van der Waals surface area contributed by atoms with Crippen LogP contribution in [0.2, 0.25) is 0 Å². The maximum absolute atomic E-state index is 12.5. The molecule has 7 nitrogen and oxygen atoms in total. The number of nitrogens with zero attached hydrogens (tertiary/aromatic N) is 5. The van der Waals surface area contributed by atoms with Crippen LogP contribution in [-0.4, -0.2) is 51.9 Å². The third kappa shape index (κ3) is 3.85. The van der Waals surface area contributed by atoms with Crippen LogP contribution in [0.1, 0.15) is 5.56 Å². The van der Waals surface area contributed by atoms with Gasteiger partial charge >= 0.3 is 6.03 Å². The van der Waals surface area contributed by atoms with Crippen molar-refractivity contribution in [1.29, 1.82) is 0 Å². The fourth-order valence-electron chi connectivity index (χ4n) is 2.95. The summed E-state index contributed by atoms with van der Waals surface area (Å²) in [5, 5.41) is 10.3. The summed E-state index contributed by atoms with van der Waals surface area (Å²) in [4.78, 5) is 20.8. The molecule has 3 heterocycles. The van der Waals surface area contributed by atoms with Gasteiger partial charge in [-0.2, -0.15) is 5.10 Å². The van der Waals surface area contributed by atoms with Crippen LogP contribution in [0.25, 0.3) is 0 Å². The molecule has 2 amide bonds. The van der Waals surface area contributed by atoms with E-state index in [0.29, 0.717) is 25.5 Å². The summed E-state index contributed by atoms with van der Waals surface area (Å²) in [5.74, 6) is 0.577. The molecule has 0 aliphatic carbocycles. The monoisotopic (exact) mass is 368 g/mol. The second kappa shape index (κ2) is 7.57. The average molecular weight is 368 g/mol. The lowest BCUT2D eigenvalue weighted by atomic mass is 10.2. The van der Waals surface area contributed by atoms with Crippen LogP contribution >= 0.6 is 11.3 Å². The lowest BCUT2D eigenvalue weighted by molar-refractivity contribution is 0.208. The Bertz CT molecular complexity index is 840. The first kappa shape index (κ1) is 16.6. The number of hydrogen-bond donors (Lipinski definition) is 1. The molecule has 1 aliphatic heterocycles. The van der Waals surface area contributed by atoms with Gasteiger partial charge in [-0.3, -0.25) is 10.00 Å². The van der Waals surface area contributed by atoms with Gasteiger partial charge in [0, 0.05) is 50.0 Å². The number of thiazole rings is 1. The molecule has 0 saturated carbocycles. The number of anilines is 2. The fourth-order valence-corrected chi connectivity index (χ4v) is 3.65. The molecule has 0 bridgehead atoms. The van der Waals surface area contributed by atoms with Gasteiger partial charge in [-0.05, 0) is 5.56 Å². The number of carbonyl (C=O) groups is 1. The summed E-state index contributed by atoms with van der Waals surface area (Å²) in [7, 11) is 0. The number of urea groups is 1. The standard InChI is InChI=1S/C18H20N6OS/c25-17(22-9-11-23(12-10-22)18-19-7-13-26-18)20-16-6-8-24(21-16)14-15-4-2-1-3-5-15/h1-8,13H,9-12,14H2,(H,20,21,25). The zero-order chi connectivity index (χ0) is 17.8. The summed E-state index contributed by atoms with van der Waals surface area (Å²) in [6.07, 6.45) is 3.69. The van der Waals surface area contributed by atoms with Crippen molar-refractivity contribution in [3.8, 4) is 0 Å². The molecule has 0 spiro atoms. The first-order valence-electron chi connectivity index (χ1n) is 8.56. The molecule has 134 valence electrons. The lowest BCUT2D eigenvalue weighted by Gasteiger charge is -2.34. The number of carbonyl (C=O) groups excluding carboxylic acids is 1. The Morgan fingerprint density at radius 3 is 2.65 bits per heavy atom. The average Bonchev–Trinajstić information content (AvgIpc) is 3.35. The van der Waals surface area contributed by atoms with E-state index in [1.54, 1.807) is 11.3 Å². The summed E-state index contributed by atoms with van der Waals surface area (Å²) in [6.45, 7) is 3.63. The lowest BCUT2D eigenvalue weighted by Crippen LogP contribution is -2.50. The smallest absolute Gasteiger partial charge is 0.323 e. The molecule has 2 aromatic heterocycles. The third-order valence-electron chi connectivity index (χ3n) is 4.32. The second-order valence-electron chi connectivity index (χ2n) is 6.10. The van der Waals surface area contributed by atoms with Crippen LogP contribution in [0.4, 0.5) is 15.7 Å². The minimum absolute atomic E-state index is 0.103. The summed E-state index contributed by atoms with van der Waals surface area (Å²) in [6, 6.07) is 11.8. The van der Waals surface area contributed by atoms with Crippen molar-refractivity contribution in [2.45, 2.75) is 6.54 Å². The summed E-state index contributed by atoms with van der Waals surface area (Å²) in [5.41, 5.74) is 1.17. The highest BCUT2D eigenvalue weighted by molar-refractivity contribution is 7.13. The molecule has 3 aromatic rings. The number of piperazine rings is 1. The zero-order valence-corrected chi connectivity index (χ0v) is 15.1. The number of rotatable bonds is 4. The molecule has 26 heavy (non-hydrogen) atoms. The van der Waals surface area contributed by atoms with Gasteiger partial charge in [-0.15, -0.1) is 11.3 Å². The Balaban J connectivity index is 1.30. The molecule has 1 aliphatic rings. The molecule has 1 fully saturated rings. The third-order valence-corrected chi connectivity index (χ3v) is 5.15. The first-order chi connectivity index (χ1) is 12.8. The van der Waals surface area contributed by atoms with Crippen molar-refractivity contribution >= 4 is 28.3 Å². The molecular formula is C18H20N6OS. The molecular weight excluding hydrogens is 348 g/mol. The molecule has 1 saturated heterocycles. The Hall–Kier alpha value is -2.87. The van der Waals surface area contributed by atoms with Crippen molar-refractivity contribution in [1.82, 2.24) is 19.7 Å². The van der Waals surface area contributed by atoms with Crippen LogP contribution in [0, 0.1) is 0 Å². The highest BCUT2D eigenvalue weighted by atomic mass is 32.1. The molecule has 0 radical (unpaired) electrons. The number of benzene rings is 1. The van der Waals surface area contributed by atoms with Gasteiger partial charge in [0.25, 0.3) is 0 Å². The van der Waals surface area contributed by atoms with E-state index in [4.69, 9.17) is 0 Å². The van der Waals surface area contributed by atoms with Gasteiger partial charge in [-0.25, -0.2) is 9.78 Å². The van der Waals surface area contributed by atoms with Crippen molar-refractivity contribution in [2.24, 2.45) is 0 Å². The van der Waals surface area contributed by atoms with Crippen molar-refractivity contribution in [3.05, 3.63) is 59.7 Å². The van der Waals surface area contributed by atoms with Crippen LogP contribution in [0.5, 0.6) is 0 Å². The molecule has 0 unspecified atom stereocenters. The largest absolute Gasteiger partial charge is 0.345 e. The molecule has 4 rings (SSSR count). The van der Waals surface area contributed by atoms with E-state index in [1.165, 1.54) is 5.56 Å². The second-order valence-corrected chi connectivity index (χ2v) is 6.98. The van der Waals surface area contributed by atoms with Gasteiger partial charge < -0.3 is 9.80 Å². The van der Waals surface area contributed by atoms with E-state index in [2.05, 4.69) is 32.4 Å². The molecule has 0 atom stereocenters. The predicted octanol–water partition coefficient (Wildman–Crippen LogP) is 2.74. The molecule has 1 N–H and O–H groups in total. The highest BCUT2D eigenvalue weighted by Crippen LogP contribution is 2.19. The maximum Gasteiger partial charge on any atom is 0.323 e. The van der Waals surface area contributed by atoms with E-state index < -0.39 is 0 Å². The van der Waals surface area contributed by atoms with Crippen LogP contribution in [-0.2, 0) is 6.54 Å². The van der Waals surface area contributed by atoms with Gasteiger partial charge in [0.05, 0.1) is 6.54 Å². The quantitative estimate of drug-likeness (QED) is 0.769. The van der Waals surface area contributed by atoms with Crippen molar-refractivity contribution in [3.63, 3.8) is 0 Å². The van der Waals surface area contributed by atoms with Crippen LogP contribution in [0.3, 0.4) is 0 Å². The Kier molecular flexibility index (Phi) is 4.83. The number of nitrogens with one attached hydrogen (secondary N) is 1. The van der Waals surface area contributed by atoms with Gasteiger partial charge in [0.1, 0.15) is 0 Å². The number of aromatic nitrogens is 3. The Morgan fingerprint density at radius 2 is 1.92 bits per heavy atom. The van der Waals surface area contributed by atoms with Gasteiger partial charge in [0.15, 0.2) is 10.9 Å². The SMILES string of the molecule is O=C(Nc1ccn(Cc2ccccc2)n1)N1CCN(c2nccs2)CC1. The van der Waals surface area contributed by atoms with E-state index in [0.717, 1.165) is 18.2 Å². The minimum Gasteiger partial charge on any atom is -0.345 e. The van der Waals surface area contributed by atoms with Crippen LogP contribution < -0.4 is 10.2 Å². The Morgan fingerprint density at radius 1 is 1.12 bits per heavy atom. The van der Waals surface area contributed by atoms with E-state index in [9.17, 15) is 4.79 Å². The maximum atomic E-state index is 12.5. The van der Waals surface area contributed by atoms with Crippen molar-refractivity contribution < 1.29 is 4.79 Å². The fraction of sp³-hybridized carbons (Fsp3) is 0.278. The Labute approximate surface area is 155 Å². The van der Waals surface area contributed by atoms with Crippen LogP contribution in [0.15, 0.2) is 54.2 Å². The minimum atomic E-state index is -0.103. The normalized spacial score (nSPS) is 14.5. The summed E-state index contributed by atoms with van der Waals surface area (Å²) >= 11 is 1.63. The molecule has 8 heteroatoms. The first-order valence-corrected chi connectivity index (χ1v) is 9.44. The number of amides is 2. The highest BCUT2D eigenvalue weighted by Gasteiger charge is 2.22. The molecule has 1 aromatic carbocycles. The van der Waals surface area contributed by atoms with E-state index in [1.807, 2.05) is 51.6 Å². The van der Waals surface area contributed by atoms with Gasteiger partial charge in [-0.1, -0.05) is 30.3 Å². The van der Waals surface area contributed by atoms with Gasteiger partial charge in [0.2, 0.25) is 0 Å².